The Morgan fingerprint density at radius 1 is 1.00 bits per heavy atom. The third-order valence-corrected chi connectivity index (χ3v) is 2.97. The highest BCUT2D eigenvalue weighted by molar-refractivity contribution is 5.43. The molecular formula is C17H20FNO2. The van der Waals surface area contributed by atoms with E-state index in [1.54, 1.807) is 6.07 Å². The first-order valence-corrected chi connectivity index (χ1v) is 7.00. The standard InChI is InChI=1S/C17H20FNO2/c1-3-20-17-10-13(11-19-2)7-8-16(17)21-12-14-5-4-6-15(18)9-14/h4-10,19H,3,11-12H2,1-2H3. The summed E-state index contributed by atoms with van der Waals surface area (Å²) in [6.45, 7) is 3.58. The topological polar surface area (TPSA) is 30.5 Å². The van der Waals surface area contributed by atoms with Gasteiger partial charge in [0.2, 0.25) is 0 Å². The van der Waals surface area contributed by atoms with E-state index in [9.17, 15) is 4.39 Å². The van der Waals surface area contributed by atoms with E-state index < -0.39 is 0 Å². The van der Waals surface area contributed by atoms with Crippen molar-refractivity contribution < 1.29 is 13.9 Å². The summed E-state index contributed by atoms with van der Waals surface area (Å²) < 4.78 is 24.5. The van der Waals surface area contributed by atoms with E-state index in [2.05, 4.69) is 5.32 Å². The van der Waals surface area contributed by atoms with Crippen LogP contribution in [0.15, 0.2) is 42.5 Å². The van der Waals surface area contributed by atoms with Crippen LogP contribution in [0.5, 0.6) is 11.5 Å². The normalized spacial score (nSPS) is 10.4. The molecule has 112 valence electrons. The molecule has 0 aromatic heterocycles. The molecule has 1 N–H and O–H groups in total. The number of hydrogen-bond donors (Lipinski definition) is 1. The van der Waals surface area contributed by atoms with Gasteiger partial charge in [0.05, 0.1) is 6.61 Å². The molecule has 0 saturated heterocycles. The van der Waals surface area contributed by atoms with E-state index in [0.29, 0.717) is 24.7 Å². The number of rotatable bonds is 7. The highest BCUT2D eigenvalue weighted by Crippen LogP contribution is 2.29. The minimum atomic E-state index is -0.259. The van der Waals surface area contributed by atoms with Gasteiger partial charge in [0.1, 0.15) is 12.4 Å². The van der Waals surface area contributed by atoms with Gasteiger partial charge in [0.25, 0.3) is 0 Å². The maximum absolute atomic E-state index is 13.1. The van der Waals surface area contributed by atoms with Crippen LogP contribution in [-0.4, -0.2) is 13.7 Å². The predicted octanol–water partition coefficient (Wildman–Crippen LogP) is 3.52. The third kappa shape index (κ3) is 4.46. The van der Waals surface area contributed by atoms with Crippen molar-refractivity contribution in [3.63, 3.8) is 0 Å². The van der Waals surface area contributed by atoms with Crippen LogP contribution >= 0.6 is 0 Å². The lowest BCUT2D eigenvalue weighted by Crippen LogP contribution is -2.06. The summed E-state index contributed by atoms with van der Waals surface area (Å²) in [6.07, 6.45) is 0. The molecule has 0 aliphatic heterocycles. The monoisotopic (exact) mass is 289 g/mol. The second-order valence-corrected chi connectivity index (χ2v) is 4.66. The van der Waals surface area contributed by atoms with Crippen LogP contribution in [0.2, 0.25) is 0 Å². The zero-order valence-electron chi connectivity index (χ0n) is 12.4. The number of hydrogen-bond acceptors (Lipinski definition) is 3. The minimum absolute atomic E-state index is 0.259. The molecule has 0 amide bonds. The van der Waals surface area contributed by atoms with Gasteiger partial charge in [-0.1, -0.05) is 18.2 Å². The molecule has 0 atom stereocenters. The van der Waals surface area contributed by atoms with Crippen molar-refractivity contribution in [1.29, 1.82) is 0 Å². The smallest absolute Gasteiger partial charge is 0.161 e. The molecule has 0 aliphatic rings. The predicted molar refractivity (Wildman–Crippen MR) is 81.1 cm³/mol. The van der Waals surface area contributed by atoms with E-state index in [1.165, 1.54) is 12.1 Å². The lowest BCUT2D eigenvalue weighted by atomic mass is 10.2. The van der Waals surface area contributed by atoms with Crippen molar-refractivity contribution in [2.75, 3.05) is 13.7 Å². The molecule has 21 heavy (non-hydrogen) atoms. The maximum Gasteiger partial charge on any atom is 0.161 e. The molecule has 3 nitrogen and oxygen atoms in total. The number of benzene rings is 2. The van der Waals surface area contributed by atoms with Crippen LogP contribution in [-0.2, 0) is 13.2 Å². The van der Waals surface area contributed by atoms with Crippen molar-refractivity contribution in [2.24, 2.45) is 0 Å². The van der Waals surface area contributed by atoms with E-state index in [-0.39, 0.29) is 5.82 Å². The van der Waals surface area contributed by atoms with Crippen LogP contribution in [0.4, 0.5) is 4.39 Å². The summed E-state index contributed by atoms with van der Waals surface area (Å²) in [5.41, 5.74) is 1.91. The first-order valence-electron chi connectivity index (χ1n) is 7.00. The number of ether oxygens (including phenoxy) is 2. The molecule has 0 unspecified atom stereocenters. The summed E-state index contributed by atoms with van der Waals surface area (Å²) in [6, 6.07) is 12.2. The lowest BCUT2D eigenvalue weighted by molar-refractivity contribution is 0.268. The Balaban J connectivity index is 2.11. The average Bonchev–Trinajstić information content (AvgIpc) is 2.47. The van der Waals surface area contributed by atoms with E-state index in [1.807, 2.05) is 38.2 Å². The van der Waals surface area contributed by atoms with Gasteiger partial charge in [-0.05, 0) is 49.4 Å². The van der Waals surface area contributed by atoms with Gasteiger partial charge in [-0.15, -0.1) is 0 Å². The second kappa shape index (κ2) is 7.64. The molecule has 2 aromatic rings. The summed E-state index contributed by atoms with van der Waals surface area (Å²) in [5, 5.41) is 3.10. The molecule has 0 heterocycles. The van der Waals surface area contributed by atoms with E-state index in [0.717, 1.165) is 17.7 Å². The fraction of sp³-hybridized carbons (Fsp3) is 0.294. The molecule has 2 aromatic carbocycles. The largest absolute Gasteiger partial charge is 0.490 e. The quantitative estimate of drug-likeness (QED) is 0.846. The molecule has 0 saturated carbocycles. The second-order valence-electron chi connectivity index (χ2n) is 4.66. The SMILES string of the molecule is CCOc1cc(CNC)ccc1OCc1cccc(F)c1. The fourth-order valence-corrected chi connectivity index (χ4v) is 2.04. The Kier molecular flexibility index (Phi) is 5.58. The summed E-state index contributed by atoms with van der Waals surface area (Å²) >= 11 is 0. The third-order valence-electron chi connectivity index (χ3n) is 2.97. The molecule has 0 aliphatic carbocycles. The van der Waals surface area contributed by atoms with Gasteiger partial charge in [-0.2, -0.15) is 0 Å². The highest BCUT2D eigenvalue weighted by atomic mass is 19.1. The van der Waals surface area contributed by atoms with E-state index >= 15 is 0 Å². The van der Waals surface area contributed by atoms with Crippen molar-refractivity contribution in [3.05, 3.63) is 59.4 Å². The Morgan fingerprint density at radius 3 is 2.57 bits per heavy atom. The first-order chi connectivity index (χ1) is 10.2. The Morgan fingerprint density at radius 2 is 1.86 bits per heavy atom. The number of nitrogens with one attached hydrogen (secondary N) is 1. The summed E-state index contributed by atoms with van der Waals surface area (Å²) in [5.74, 6) is 1.12. The average molecular weight is 289 g/mol. The van der Waals surface area contributed by atoms with Crippen LogP contribution < -0.4 is 14.8 Å². The van der Waals surface area contributed by atoms with Gasteiger partial charge in [-0.25, -0.2) is 4.39 Å². The minimum Gasteiger partial charge on any atom is -0.490 e. The fourth-order valence-electron chi connectivity index (χ4n) is 2.04. The molecular weight excluding hydrogens is 269 g/mol. The molecule has 2 rings (SSSR count). The number of halogens is 1. The van der Waals surface area contributed by atoms with Crippen LogP contribution in [0, 0.1) is 5.82 Å². The van der Waals surface area contributed by atoms with Crippen molar-refractivity contribution >= 4 is 0 Å². The molecule has 0 fully saturated rings. The van der Waals surface area contributed by atoms with E-state index in [4.69, 9.17) is 9.47 Å². The van der Waals surface area contributed by atoms with Gasteiger partial charge < -0.3 is 14.8 Å². The molecule has 0 spiro atoms. The summed E-state index contributed by atoms with van der Waals surface area (Å²) in [4.78, 5) is 0. The molecule has 0 radical (unpaired) electrons. The molecule has 0 bridgehead atoms. The van der Waals surface area contributed by atoms with Gasteiger partial charge in [0, 0.05) is 6.54 Å². The summed E-state index contributed by atoms with van der Waals surface area (Å²) in [7, 11) is 1.90. The van der Waals surface area contributed by atoms with Gasteiger partial charge in [-0.3, -0.25) is 0 Å². The molecule has 4 heteroatoms. The van der Waals surface area contributed by atoms with Crippen LogP contribution in [0.1, 0.15) is 18.1 Å². The van der Waals surface area contributed by atoms with Gasteiger partial charge >= 0.3 is 0 Å². The van der Waals surface area contributed by atoms with Gasteiger partial charge in [0.15, 0.2) is 11.5 Å². The maximum atomic E-state index is 13.1. The van der Waals surface area contributed by atoms with Crippen LogP contribution in [0.3, 0.4) is 0 Å². The van der Waals surface area contributed by atoms with Crippen molar-refractivity contribution in [2.45, 2.75) is 20.1 Å². The zero-order chi connectivity index (χ0) is 15.1. The van der Waals surface area contributed by atoms with Crippen molar-refractivity contribution in [1.82, 2.24) is 5.32 Å². The van der Waals surface area contributed by atoms with Crippen LogP contribution in [0.25, 0.3) is 0 Å². The highest BCUT2D eigenvalue weighted by Gasteiger charge is 2.07. The Bertz CT molecular complexity index is 587. The Hall–Kier alpha value is -2.07. The Labute approximate surface area is 124 Å². The van der Waals surface area contributed by atoms with Crippen molar-refractivity contribution in [3.8, 4) is 11.5 Å². The first kappa shape index (κ1) is 15.3. The zero-order valence-corrected chi connectivity index (χ0v) is 12.4. The lowest BCUT2D eigenvalue weighted by Gasteiger charge is -2.13.